The third-order valence-electron chi connectivity index (χ3n) is 2.80. The lowest BCUT2D eigenvalue weighted by atomic mass is 10.2. The molecule has 5 heteroatoms. The van der Waals surface area contributed by atoms with Gasteiger partial charge in [-0.1, -0.05) is 19.1 Å². The van der Waals surface area contributed by atoms with Gasteiger partial charge in [0.1, 0.15) is 5.82 Å². The molecule has 0 bridgehead atoms. The summed E-state index contributed by atoms with van der Waals surface area (Å²) in [6, 6.07) is 6.07. The molecule has 4 nitrogen and oxygen atoms in total. The van der Waals surface area contributed by atoms with Crippen LogP contribution in [0.3, 0.4) is 0 Å². The topological polar surface area (TPSA) is 52.6 Å². The second-order valence-electron chi connectivity index (χ2n) is 4.67. The average molecular weight is 296 g/mol. The summed E-state index contributed by atoms with van der Waals surface area (Å²) < 4.78 is 22.7. The Kier molecular flexibility index (Phi) is 8.09. The molecule has 0 fully saturated rings. The number of hydrogen-bond donors (Lipinski definition) is 0. The van der Waals surface area contributed by atoms with Crippen molar-refractivity contribution < 1.29 is 23.5 Å². The molecule has 0 N–H and O–H groups in total. The predicted molar refractivity (Wildman–Crippen MR) is 76.2 cm³/mol. The van der Waals surface area contributed by atoms with E-state index in [0.717, 1.165) is 12.0 Å². The number of carbonyl (C=O) groups is 2. The van der Waals surface area contributed by atoms with Crippen LogP contribution in [0.4, 0.5) is 4.39 Å². The number of esters is 2. The number of halogens is 1. The monoisotopic (exact) mass is 296 g/mol. The summed E-state index contributed by atoms with van der Waals surface area (Å²) in [5.74, 6) is -0.901. The Hall–Kier alpha value is -1.91. The lowest BCUT2D eigenvalue weighted by Crippen LogP contribution is -2.10. The van der Waals surface area contributed by atoms with Gasteiger partial charge < -0.3 is 9.47 Å². The molecule has 0 spiro atoms. The van der Waals surface area contributed by atoms with Crippen molar-refractivity contribution in [2.45, 2.75) is 39.0 Å². The highest BCUT2D eigenvalue weighted by molar-refractivity contribution is 5.72. The standard InChI is InChI=1S/C16H21FO4/c1-2-11-20-15(18)4-3-5-16(19)21-12-10-13-6-8-14(17)9-7-13/h6-9H,2-5,10-12H2,1H3. The molecule has 0 aliphatic rings. The third kappa shape index (κ3) is 8.07. The van der Waals surface area contributed by atoms with Crippen molar-refractivity contribution in [2.24, 2.45) is 0 Å². The molecule has 0 aromatic heterocycles. The molecule has 0 saturated carbocycles. The molecular formula is C16H21FO4. The number of ether oxygens (including phenoxy) is 2. The molecule has 0 unspecified atom stereocenters. The van der Waals surface area contributed by atoms with Gasteiger partial charge in [-0.05, 0) is 30.5 Å². The molecule has 0 radical (unpaired) electrons. The minimum Gasteiger partial charge on any atom is -0.466 e. The zero-order valence-corrected chi connectivity index (χ0v) is 12.3. The largest absolute Gasteiger partial charge is 0.466 e. The van der Waals surface area contributed by atoms with E-state index in [1.807, 2.05) is 6.92 Å². The first-order chi connectivity index (χ1) is 10.1. The van der Waals surface area contributed by atoms with Crippen molar-refractivity contribution in [2.75, 3.05) is 13.2 Å². The summed E-state index contributed by atoms with van der Waals surface area (Å²) in [5.41, 5.74) is 0.910. The number of benzene rings is 1. The van der Waals surface area contributed by atoms with Crippen LogP contribution in [0.5, 0.6) is 0 Å². The van der Waals surface area contributed by atoms with Gasteiger partial charge in [-0.2, -0.15) is 0 Å². The molecular weight excluding hydrogens is 275 g/mol. The van der Waals surface area contributed by atoms with Crippen LogP contribution >= 0.6 is 0 Å². The Labute approximate surface area is 124 Å². The molecule has 0 amide bonds. The Morgan fingerprint density at radius 2 is 1.57 bits per heavy atom. The molecule has 1 aromatic carbocycles. The highest BCUT2D eigenvalue weighted by atomic mass is 19.1. The molecule has 1 rings (SSSR count). The van der Waals surface area contributed by atoms with E-state index in [2.05, 4.69) is 0 Å². The summed E-state index contributed by atoms with van der Waals surface area (Å²) in [6.07, 6.45) is 2.19. The van der Waals surface area contributed by atoms with E-state index in [9.17, 15) is 14.0 Å². The van der Waals surface area contributed by atoms with Gasteiger partial charge in [0, 0.05) is 19.3 Å². The molecule has 0 aliphatic carbocycles. The van der Waals surface area contributed by atoms with Crippen molar-refractivity contribution in [3.63, 3.8) is 0 Å². The Morgan fingerprint density at radius 3 is 2.14 bits per heavy atom. The molecule has 116 valence electrons. The van der Waals surface area contributed by atoms with E-state index >= 15 is 0 Å². The van der Waals surface area contributed by atoms with Crippen LogP contribution in [-0.4, -0.2) is 25.2 Å². The van der Waals surface area contributed by atoms with Gasteiger partial charge in [0.05, 0.1) is 13.2 Å². The van der Waals surface area contributed by atoms with E-state index in [0.29, 0.717) is 19.4 Å². The smallest absolute Gasteiger partial charge is 0.305 e. The minimum absolute atomic E-state index is 0.199. The van der Waals surface area contributed by atoms with E-state index < -0.39 is 0 Å². The zero-order chi connectivity index (χ0) is 15.5. The van der Waals surface area contributed by atoms with Crippen molar-refractivity contribution in [1.29, 1.82) is 0 Å². The Balaban J connectivity index is 2.08. The van der Waals surface area contributed by atoms with Crippen molar-refractivity contribution >= 4 is 11.9 Å². The number of rotatable bonds is 9. The van der Waals surface area contributed by atoms with Crippen molar-refractivity contribution in [1.82, 2.24) is 0 Å². The zero-order valence-electron chi connectivity index (χ0n) is 12.3. The summed E-state index contributed by atoms with van der Waals surface area (Å²) in [6.45, 7) is 2.59. The van der Waals surface area contributed by atoms with E-state index in [1.54, 1.807) is 12.1 Å². The van der Waals surface area contributed by atoms with Crippen LogP contribution in [-0.2, 0) is 25.5 Å². The van der Waals surface area contributed by atoms with Gasteiger partial charge in [0.25, 0.3) is 0 Å². The van der Waals surface area contributed by atoms with Gasteiger partial charge in [-0.25, -0.2) is 4.39 Å². The Morgan fingerprint density at radius 1 is 1.00 bits per heavy atom. The fourth-order valence-corrected chi connectivity index (χ4v) is 1.67. The molecule has 0 heterocycles. The van der Waals surface area contributed by atoms with Gasteiger partial charge in [-0.15, -0.1) is 0 Å². The average Bonchev–Trinajstić information content (AvgIpc) is 2.47. The summed E-state index contributed by atoms with van der Waals surface area (Å²) in [5, 5.41) is 0. The molecule has 21 heavy (non-hydrogen) atoms. The third-order valence-corrected chi connectivity index (χ3v) is 2.80. The second kappa shape index (κ2) is 9.91. The summed E-state index contributed by atoms with van der Waals surface area (Å²) in [7, 11) is 0. The maximum absolute atomic E-state index is 12.7. The lowest BCUT2D eigenvalue weighted by Gasteiger charge is -2.05. The fraction of sp³-hybridized carbons (Fsp3) is 0.500. The molecule has 0 saturated heterocycles. The SMILES string of the molecule is CCCOC(=O)CCCC(=O)OCCc1ccc(F)cc1. The second-order valence-corrected chi connectivity index (χ2v) is 4.67. The first-order valence-electron chi connectivity index (χ1n) is 7.17. The summed E-state index contributed by atoms with van der Waals surface area (Å²) >= 11 is 0. The minimum atomic E-state index is -0.333. The normalized spacial score (nSPS) is 10.2. The van der Waals surface area contributed by atoms with E-state index in [4.69, 9.17) is 9.47 Å². The molecule has 0 aliphatic heterocycles. The first-order valence-corrected chi connectivity index (χ1v) is 7.17. The number of carbonyl (C=O) groups excluding carboxylic acids is 2. The van der Waals surface area contributed by atoms with Gasteiger partial charge in [0.2, 0.25) is 0 Å². The quantitative estimate of drug-likeness (QED) is 0.657. The molecule has 0 atom stereocenters. The van der Waals surface area contributed by atoms with Crippen LogP contribution in [0.25, 0.3) is 0 Å². The Bertz CT molecular complexity index is 442. The maximum atomic E-state index is 12.7. The predicted octanol–water partition coefficient (Wildman–Crippen LogP) is 3.03. The summed E-state index contributed by atoms with van der Waals surface area (Å²) in [4.78, 5) is 22.7. The van der Waals surface area contributed by atoms with Crippen LogP contribution in [0.2, 0.25) is 0 Å². The van der Waals surface area contributed by atoms with E-state index in [1.165, 1.54) is 12.1 Å². The van der Waals surface area contributed by atoms with Crippen LogP contribution in [0.1, 0.15) is 38.2 Å². The lowest BCUT2D eigenvalue weighted by molar-refractivity contribution is -0.145. The van der Waals surface area contributed by atoms with Gasteiger partial charge in [-0.3, -0.25) is 9.59 Å². The van der Waals surface area contributed by atoms with Gasteiger partial charge >= 0.3 is 11.9 Å². The van der Waals surface area contributed by atoms with Crippen LogP contribution in [0.15, 0.2) is 24.3 Å². The van der Waals surface area contributed by atoms with Crippen LogP contribution < -0.4 is 0 Å². The first kappa shape index (κ1) is 17.1. The highest BCUT2D eigenvalue weighted by Crippen LogP contribution is 2.05. The van der Waals surface area contributed by atoms with E-state index in [-0.39, 0.29) is 37.2 Å². The van der Waals surface area contributed by atoms with Crippen molar-refractivity contribution in [3.8, 4) is 0 Å². The fourth-order valence-electron chi connectivity index (χ4n) is 1.67. The number of hydrogen-bond acceptors (Lipinski definition) is 4. The maximum Gasteiger partial charge on any atom is 0.305 e. The van der Waals surface area contributed by atoms with Crippen LogP contribution in [0, 0.1) is 5.82 Å². The van der Waals surface area contributed by atoms with Gasteiger partial charge in [0.15, 0.2) is 0 Å². The van der Waals surface area contributed by atoms with Crippen molar-refractivity contribution in [3.05, 3.63) is 35.6 Å². The highest BCUT2D eigenvalue weighted by Gasteiger charge is 2.07. The molecule has 1 aromatic rings.